The third-order valence-electron chi connectivity index (χ3n) is 7.80. The minimum Gasteiger partial charge on any atom is -0.345 e. The standard InChI is InChI=1S/C35H31BN2Si/c1-6-16-29(17-7-1)34(30-18-8-2-9-19-30)36-35-37-26-27-38(35)28-39(31-20-10-3-11-21-31,32-22-12-4-13-23-32)33-24-14-5-15-25-33/h1-27,34,36H,28H2. The molecular formula is C35H31BN2Si. The van der Waals surface area contributed by atoms with Crippen LogP contribution in [0.3, 0.4) is 0 Å². The number of hydrogen-bond acceptors (Lipinski definition) is 1. The van der Waals surface area contributed by atoms with E-state index in [4.69, 9.17) is 4.98 Å². The molecule has 0 bridgehead atoms. The Morgan fingerprint density at radius 3 is 1.33 bits per heavy atom. The van der Waals surface area contributed by atoms with E-state index in [0.29, 0.717) is 0 Å². The van der Waals surface area contributed by atoms with Gasteiger partial charge in [0.1, 0.15) is 0 Å². The molecule has 0 aliphatic carbocycles. The van der Waals surface area contributed by atoms with Gasteiger partial charge in [-0.1, -0.05) is 152 Å². The molecule has 2 nitrogen and oxygen atoms in total. The van der Waals surface area contributed by atoms with E-state index in [2.05, 4.69) is 162 Å². The highest BCUT2D eigenvalue weighted by Crippen LogP contribution is 2.23. The second-order valence-corrected chi connectivity index (χ2v) is 13.9. The number of nitrogens with zero attached hydrogens (tertiary/aromatic N) is 2. The van der Waals surface area contributed by atoms with Crippen LogP contribution in [0.4, 0.5) is 0 Å². The zero-order valence-corrected chi connectivity index (χ0v) is 23.0. The summed E-state index contributed by atoms with van der Waals surface area (Å²) >= 11 is 0. The molecule has 0 spiro atoms. The van der Waals surface area contributed by atoms with Crippen LogP contribution in [0.15, 0.2) is 164 Å². The van der Waals surface area contributed by atoms with Gasteiger partial charge in [0.25, 0.3) is 0 Å². The number of rotatable bonds is 9. The minimum atomic E-state index is -2.45. The van der Waals surface area contributed by atoms with Crippen molar-refractivity contribution >= 4 is 36.6 Å². The minimum absolute atomic E-state index is 0.231. The Bertz CT molecular complexity index is 1450. The average Bonchev–Trinajstić information content (AvgIpc) is 3.47. The van der Waals surface area contributed by atoms with Crippen LogP contribution in [0.25, 0.3) is 0 Å². The van der Waals surface area contributed by atoms with Gasteiger partial charge < -0.3 is 4.57 Å². The largest absolute Gasteiger partial charge is 0.345 e. The maximum absolute atomic E-state index is 4.96. The van der Waals surface area contributed by atoms with Gasteiger partial charge >= 0.3 is 0 Å². The molecule has 0 N–H and O–H groups in total. The van der Waals surface area contributed by atoms with Gasteiger partial charge in [0.05, 0.1) is 5.72 Å². The van der Waals surface area contributed by atoms with Crippen molar-refractivity contribution in [3.05, 3.63) is 175 Å². The highest BCUT2D eigenvalue weighted by molar-refractivity contribution is 7.10. The van der Waals surface area contributed by atoms with Crippen LogP contribution in [0.5, 0.6) is 0 Å². The molecule has 0 saturated carbocycles. The van der Waals surface area contributed by atoms with Gasteiger partial charge in [0, 0.05) is 18.6 Å². The zero-order valence-electron chi connectivity index (χ0n) is 22.0. The van der Waals surface area contributed by atoms with Gasteiger partial charge in [-0.25, -0.2) is 0 Å². The van der Waals surface area contributed by atoms with Gasteiger partial charge in [-0.05, 0) is 32.5 Å². The highest BCUT2D eigenvalue weighted by atomic mass is 28.3. The first kappa shape index (κ1) is 24.9. The molecule has 6 rings (SSSR count). The lowest BCUT2D eigenvalue weighted by molar-refractivity contribution is 0.889. The van der Waals surface area contributed by atoms with Crippen molar-refractivity contribution < 1.29 is 0 Å². The fraction of sp³-hybridized carbons (Fsp3) is 0.0571. The molecule has 0 amide bonds. The number of hydrogen-bond donors (Lipinski definition) is 0. The second kappa shape index (κ2) is 11.5. The van der Waals surface area contributed by atoms with Gasteiger partial charge in [0.2, 0.25) is 7.28 Å². The Morgan fingerprint density at radius 1 is 0.538 bits per heavy atom. The van der Waals surface area contributed by atoms with Crippen LogP contribution in [0.2, 0.25) is 0 Å². The summed E-state index contributed by atoms with van der Waals surface area (Å²) in [4.78, 5) is 4.96. The zero-order chi connectivity index (χ0) is 26.3. The Hall–Kier alpha value is -4.41. The number of imidazole rings is 1. The van der Waals surface area contributed by atoms with Crippen molar-refractivity contribution in [2.24, 2.45) is 0 Å². The monoisotopic (exact) mass is 518 g/mol. The number of benzene rings is 5. The molecule has 0 aliphatic heterocycles. The predicted molar refractivity (Wildman–Crippen MR) is 168 cm³/mol. The Balaban J connectivity index is 1.47. The molecule has 39 heavy (non-hydrogen) atoms. The van der Waals surface area contributed by atoms with Gasteiger partial charge in [-0.3, -0.25) is 4.98 Å². The SMILES string of the molecule is B(c1nccn1C[Si](c1ccccc1)(c1ccccc1)c1ccccc1)C(c1ccccc1)c1ccccc1. The van der Waals surface area contributed by atoms with Crippen molar-refractivity contribution in [2.45, 2.75) is 12.0 Å². The summed E-state index contributed by atoms with van der Waals surface area (Å²) in [6.45, 7) is 0. The maximum atomic E-state index is 4.96. The van der Waals surface area contributed by atoms with E-state index in [-0.39, 0.29) is 5.82 Å². The van der Waals surface area contributed by atoms with Gasteiger partial charge in [-0.15, -0.1) is 0 Å². The van der Waals surface area contributed by atoms with Crippen LogP contribution in [0, 0.1) is 0 Å². The van der Waals surface area contributed by atoms with Crippen molar-refractivity contribution in [2.75, 3.05) is 0 Å². The summed E-state index contributed by atoms with van der Waals surface area (Å²) in [5.74, 6) is 0.231. The summed E-state index contributed by atoms with van der Waals surface area (Å²) in [6, 6.07) is 55.0. The third kappa shape index (κ3) is 5.16. The van der Waals surface area contributed by atoms with Crippen LogP contribution in [0.1, 0.15) is 16.9 Å². The van der Waals surface area contributed by atoms with E-state index in [1.807, 2.05) is 6.20 Å². The van der Waals surface area contributed by atoms with E-state index < -0.39 is 8.07 Å². The molecule has 1 heterocycles. The summed E-state index contributed by atoms with van der Waals surface area (Å²) < 4.78 is 2.43. The van der Waals surface area contributed by atoms with Crippen molar-refractivity contribution in [3.63, 3.8) is 0 Å². The molecule has 1 aromatic heterocycles. The first-order valence-corrected chi connectivity index (χ1v) is 15.8. The van der Waals surface area contributed by atoms with Crippen molar-refractivity contribution in [1.82, 2.24) is 9.55 Å². The molecular weight excluding hydrogens is 487 g/mol. The quantitative estimate of drug-likeness (QED) is 0.204. The van der Waals surface area contributed by atoms with Crippen molar-refractivity contribution in [3.8, 4) is 0 Å². The van der Waals surface area contributed by atoms with E-state index in [9.17, 15) is 0 Å². The molecule has 0 unspecified atom stereocenters. The lowest BCUT2D eigenvalue weighted by atomic mass is 9.58. The summed E-state index contributed by atoms with van der Waals surface area (Å²) in [5, 5.41) is 4.22. The van der Waals surface area contributed by atoms with Crippen LogP contribution < -0.4 is 21.3 Å². The van der Waals surface area contributed by atoms with Crippen LogP contribution in [-0.4, -0.2) is 24.9 Å². The third-order valence-corrected chi connectivity index (χ3v) is 12.6. The van der Waals surface area contributed by atoms with Gasteiger partial charge in [-0.2, -0.15) is 0 Å². The molecule has 0 aliphatic rings. The average molecular weight is 519 g/mol. The Kier molecular flexibility index (Phi) is 7.37. The Labute approximate surface area is 232 Å². The summed E-state index contributed by atoms with van der Waals surface area (Å²) in [6.07, 6.45) is 5.04. The normalized spacial score (nSPS) is 11.4. The summed E-state index contributed by atoms with van der Waals surface area (Å²) in [7, 11) is -1.61. The van der Waals surface area contributed by atoms with Crippen molar-refractivity contribution in [1.29, 1.82) is 0 Å². The molecule has 6 aromatic rings. The van der Waals surface area contributed by atoms with Crippen LogP contribution >= 0.6 is 0 Å². The first-order valence-electron chi connectivity index (χ1n) is 13.6. The molecule has 0 radical (unpaired) electrons. The van der Waals surface area contributed by atoms with Crippen LogP contribution in [-0.2, 0) is 6.17 Å². The summed E-state index contributed by atoms with van der Waals surface area (Å²) in [5.41, 5.74) is 3.75. The van der Waals surface area contributed by atoms with E-state index in [0.717, 1.165) is 19.2 Å². The number of aromatic nitrogens is 2. The lowest BCUT2D eigenvalue weighted by Crippen LogP contribution is -2.70. The second-order valence-electron chi connectivity index (χ2n) is 10.1. The van der Waals surface area contributed by atoms with E-state index >= 15 is 0 Å². The fourth-order valence-corrected chi connectivity index (χ4v) is 10.5. The molecule has 188 valence electrons. The van der Waals surface area contributed by atoms with E-state index in [1.54, 1.807) is 0 Å². The fourth-order valence-electron chi connectivity index (χ4n) is 5.85. The highest BCUT2D eigenvalue weighted by Gasteiger charge is 2.40. The lowest BCUT2D eigenvalue weighted by Gasteiger charge is -2.34. The molecule has 0 atom stereocenters. The predicted octanol–water partition coefficient (Wildman–Crippen LogP) is 4.44. The van der Waals surface area contributed by atoms with Gasteiger partial charge in [0.15, 0.2) is 8.07 Å². The molecule has 4 heteroatoms. The topological polar surface area (TPSA) is 17.8 Å². The smallest absolute Gasteiger partial charge is 0.217 e. The van der Waals surface area contributed by atoms with E-state index in [1.165, 1.54) is 26.7 Å². The maximum Gasteiger partial charge on any atom is 0.217 e. The molecule has 0 saturated heterocycles. The first-order chi connectivity index (χ1) is 19.3. The molecule has 5 aromatic carbocycles. The molecule has 0 fully saturated rings. The Morgan fingerprint density at radius 2 is 0.923 bits per heavy atom.